The topological polar surface area (TPSA) is 73.6 Å². The Morgan fingerprint density at radius 2 is 2.00 bits per heavy atom. The van der Waals surface area contributed by atoms with Crippen LogP contribution in [-0.2, 0) is 0 Å². The number of methoxy groups -OCH3 is 2. The van der Waals surface area contributed by atoms with Crippen LogP contribution in [0, 0.1) is 6.92 Å². The van der Waals surface area contributed by atoms with Crippen LogP contribution in [0.15, 0.2) is 40.3 Å². The maximum atomic E-state index is 12.2. The number of rotatable bonds is 5. The Hall–Kier alpha value is -2.80. The van der Waals surface area contributed by atoms with E-state index in [9.17, 15) is 4.79 Å². The molecule has 3 aromatic rings. The van der Waals surface area contributed by atoms with Gasteiger partial charge < -0.3 is 13.9 Å². The molecule has 0 fully saturated rings. The van der Waals surface area contributed by atoms with Gasteiger partial charge >= 0.3 is 0 Å². The Balaban J connectivity index is 1.81. The first-order valence-electron chi connectivity index (χ1n) is 7.15. The van der Waals surface area contributed by atoms with E-state index in [1.807, 2.05) is 23.6 Å². The first-order chi connectivity index (χ1) is 11.6. The van der Waals surface area contributed by atoms with Gasteiger partial charge in [0.1, 0.15) is 5.76 Å². The number of nitrogens with one attached hydrogen (secondary N) is 1. The zero-order chi connectivity index (χ0) is 17.1. The molecule has 1 aromatic carbocycles. The number of aryl methyl sites for hydroxylation is 1. The zero-order valence-electron chi connectivity index (χ0n) is 13.5. The molecule has 2 heterocycles. The molecule has 0 bridgehead atoms. The van der Waals surface area contributed by atoms with Gasteiger partial charge in [-0.1, -0.05) is 0 Å². The summed E-state index contributed by atoms with van der Waals surface area (Å²) in [6.45, 7) is 1.74. The van der Waals surface area contributed by atoms with E-state index in [1.165, 1.54) is 17.6 Å². The van der Waals surface area contributed by atoms with Gasteiger partial charge in [-0.3, -0.25) is 10.1 Å². The molecule has 0 atom stereocenters. The molecule has 0 spiro atoms. The van der Waals surface area contributed by atoms with E-state index in [-0.39, 0.29) is 5.91 Å². The minimum atomic E-state index is -0.241. The van der Waals surface area contributed by atoms with E-state index in [0.717, 1.165) is 11.3 Å². The van der Waals surface area contributed by atoms with Crippen LogP contribution < -0.4 is 14.8 Å². The first-order valence-corrected chi connectivity index (χ1v) is 8.03. The maximum absolute atomic E-state index is 12.2. The van der Waals surface area contributed by atoms with Crippen molar-refractivity contribution in [1.82, 2.24) is 4.98 Å². The highest BCUT2D eigenvalue weighted by Gasteiger charge is 2.14. The summed E-state index contributed by atoms with van der Waals surface area (Å²) >= 11 is 1.35. The molecule has 0 aliphatic carbocycles. The number of anilines is 1. The SMILES string of the molecule is COc1ccc(-c2csc(NC(=O)c3ccoc3C)n2)cc1OC. The summed E-state index contributed by atoms with van der Waals surface area (Å²) in [5.74, 6) is 1.61. The molecule has 2 aromatic heterocycles. The van der Waals surface area contributed by atoms with Crippen LogP contribution in [0.1, 0.15) is 16.1 Å². The Morgan fingerprint density at radius 1 is 1.21 bits per heavy atom. The lowest BCUT2D eigenvalue weighted by Gasteiger charge is -2.08. The highest BCUT2D eigenvalue weighted by Crippen LogP contribution is 2.33. The lowest BCUT2D eigenvalue weighted by Crippen LogP contribution is -2.11. The number of amides is 1. The van der Waals surface area contributed by atoms with Crippen LogP contribution in [0.2, 0.25) is 0 Å². The van der Waals surface area contributed by atoms with E-state index in [0.29, 0.717) is 28.0 Å². The van der Waals surface area contributed by atoms with Crippen molar-refractivity contribution in [3.8, 4) is 22.8 Å². The minimum absolute atomic E-state index is 0.241. The van der Waals surface area contributed by atoms with Gasteiger partial charge in [-0.25, -0.2) is 4.98 Å². The number of carbonyl (C=O) groups is 1. The van der Waals surface area contributed by atoms with Gasteiger partial charge in [-0.15, -0.1) is 11.3 Å². The summed E-state index contributed by atoms with van der Waals surface area (Å²) < 4.78 is 15.7. The number of benzene rings is 1. The number of ether oxygens (including phenoxy) is 2. The summed E-state index contributed by atoms with van der Waals surface area (Å²) in [6.07, 6.45) is 1.49. The van der Waals surface area contributed by atoms with Crippen molar-refractivity contribution in [1.29, 1.82) is 0 Å². The molecule has 0 saturated heterocycles. The minimum Gasteiger partial charge on any atom is -0.493 e. The summed E-state index contributed by atoms with van der Waals surface area (Å²) in [7, 11) is 3.17. The third-order valence-electron chi connectivity index (χ3n) is 3.51. The number of aromatic nitrogens is 1. The molecule has 0 saturated carbocycles. The Morgan fingerprint density at radius 3 is 2.67 bits per heavy atom. The number of nitrogens with zero attached hydrogens (tertiary/aromatic N) is 1. The molecule has 0 unspecified atom stereocenters. The van der Waals surface area contributed by atoms with Crippen molar-refractivity contribution in [3.63, 3.8) is 0 Å². The van der Waals surface area contributed by atoms with E-state index in [4.69, 9.17) is 13.9 Å². The Labute approximate surface area is 143 Å². The quantitative estimate of drug-likeness (QED) is 0.758. The van der Waals surface area contributed by atoms with E-state index >= 15 is 0 Å². The molecule has 0 aliphatic rings. The average molecular weight is 344 g/mol. The van der Waals surface area contributed by atoms with E-state index < -0.39 is 0 Å². The molecule has 1 N–H and O–H groups in total. The van der Waals surface area contributed by atoms with Gasteiger partial charge in [-0.05, 0) is 31.2 Å². The summed E-state index contributed by atoms with van der Waals surface area (Å²) in [5, 5.41) is 5.17. The van der Waals surface area contributed by atoms with Gasteiger partial charge in [0.05, 0.1) is 31.7 Å². The summed E-state index contributed by atoms with van der Waals surface area (Å²) in [4.78, 5) is 16.6. The van der Waals surface area contributed by atoms with Gasteiger partial charge in [0, 0.05) is 10.9 Å². The monoisotopic (exact) mass is 344 g/mol. The van der Waals surface area contributed by atoms with Crippen LogP contribution in [-0.4, -0.2) is 25.1 Å². The third-order valence-corrected chi connectivity index (χ3v) is 4.27. The van der Waals surface area contributed by atoms with Gasteiger partial charge in [0.15, 0.2) is 16.6 Å². The van der Waals surface area contributed by atoms with Crippen LogP contribution in [0.5, 0.6) is 11.5 Å². The number of hydrogen-bond donors (Lipinski definition) is 1. The molecule has 6 nitrogen and oxygen atoms in total. The average Bonchev–Trinajstić information content (AvgIpc) is 3.23. The van der Waals surface area contributed by atoms with Crippen LogP contribution in [0.3, 0.4) is 0 Å². The first kappa shape index (κ1) is 16.1. The molecular formula is C17H16N2O4S. The molecule has 0 aliphatic heterocycles. The zero-order valence-corrected chi connectivity index (χ0v) is 14.3. The molecule has 24 heavy (non-hydrogen) atoms. The van der Waals surface area contributed by atoms with Crippen molar-refractivity contribution < 1.29 is 18.7 Å². The number of furan rings is 1. The maximum Gasteiger partial charge on any atom is 0.260 e. The van der Waals surface area contributed by atoms with Crippen molar-refractivity contribution in [2.24, 2.45) is 0 Å². The fraction of sp³-hybridized carbons (Fsp3) is 0.176. The molecule has 3 rings (SSSR count). The van der Waals surface area contributed by atoms with Crippen LogP contribution in [0.25, 0.3) is 11.3 Å². The van der Waals surface area contributed by atoms with Gasteiger partial charge in [0.25, 0.3) is 5.91 Å². The highest BCUT2D eigenvalue weighted by atomic mass is 32.1. The lowest BCUT2D eigenvalue weighted by molar-refractivity contribution is 0.102. The fourth-order valence-corrected chi connectivity index (χ4v) is 2.96. The third kappa shape index (κ3) is 3.11. The van der Waals surface area contributed by atoms with Crippen molar-refractivity contribution >= 4 is 22.4 Å². The van der Waals surface area contributed by atoms with E-state index in [2.05, 4.69) is 10.3 Å². The Kier molecular flexibility index (Phi) is 4.52. The van der Waals surface area contributed by atoms with Gasteiger partial charge in [0.2, 0.25) is 0 Å². The van der Waals surface area contributed by atoms with Gasteiger partial charge in [-0.2, -0.15) is 0 Å². The van der Waals surface area contributed by atoms with E-state index in [1.54, 1.807) is 27.2 Å². The standard InChI is InChI=1S/C17H16N2O4S/c1-10-12(6-7-23-10)16(20)19-17-18-13(9-24-17)11-4-5-14(21-2)15(8-11)22-3/h4-9H,1-3H3,(H,18,19,20). The Bertz CT molecular complexity index is 869. The predicted molar refractivity (Wildman–Crippen MR) is 92.1 cm³/mol. The van der Waals surface area contributed by atoms with Crippen molar-refractivity contribution in [2.75, 3.05) is 19.5 Å². The molecule has 1 amide bonds. The molecule has 0 radical (unpaired) electrons. The number of hydrogen-bond acceptors (Lipinski definition) is 6. The molecule has 124 valence electrons. The predicted octanol–water partition coefficient (Wildman–Crippen LogP) is 3.98. The molecule has 7 heteroatoms. The smallest absolute Gasteiger partial charge is 0.260 e. The molecular weight excluding hydrogens is 328 g/mol. The lowest BCUT2D eigenvalue weighted by atomic mass is 10.1. The normalized spacial score (nSPS) is 10.5. The number of thiazole rings is 1. The second-order valence-corrected chi connectivity index (χ2v) is 5.81. The van der Waals surface area contributed by atoms with Crippen LogP contribution in [0.4, 0.5) is 5.13 Å². The highest BCUT2D eigenvalue weighted by molar-refractivity contribution is 7.14. The number of carbonyl (C=O) groups excluding carboxylic acids is 1. The second kappa shape index (κ2) is 6.76. The van der Waals surface area contributed by atoms with Crippen molar-refractivity contribution in [2.45, 2.75) is 6.92 Å². The van der Waals surface area contributed by atoms with Crippen molar-refractivity contribution in [3.05, 3.63) is 47.2 Å². The van der Waals surface area contributed by atoms with Crippen LogP contribution >= 0.6 is 11.3 Å². The largest absolute Gasteiger partial charge is 0.493 e. The summed E-state index contributed by atoms with van der Waals surface area (Å²) in [6, 6.07) is 7.19. The summed E-state index contributed by atoms with van der Waals surface area (Å²) in [5.41, 5.74) is 2.13. The second-order valence-electron chi connectivity index (χ2n) is 4.95. The fourth-order valence-electron chi connectivity index (χ4n) is 2.24.